The predicted octanol–water partition coefficient (Wildman–Crippen LogP) is 10.8. The molecular formula is C47H30N4. The Bertz CT molecular complexity index is 2580. The molecule has 0 fully saturated rings. The van der Waals surface area contributed by atoms with Gasteiger partial charge in [-0.1, -0.05) is 158 Å². The first kappa shape index (κ1) is 29.2. The van der Waals surface area contributed by atoms with Gasteiger partial charge in [0.2, 0.25) is 0 Å². The van der Waals surface area contributed by atoms with E-state index in [0.717, 1.165) is 33.6 Å². The maximum absolute atomic E-state index is 5.17. The molecule has 0 aliphatic heterocycles. The topological polar surface area (TPSA) is 51.6 Å². The van der Waals surface area contributed by atoms with E-state index in [1.165, 1.54) is 44.5 Å². The second-order valence-corrected chi connectivity index (χ2v) is 13.1. The van der Waals surface area contributed by atoms with Crippen molar-refractivity contribution >= 4 is 12.2 Å². The molecule has 0 N–H and O–H groups in total. The summed E-state index contributed by atoms with van der Waals surface area (Å²) in [4.78, 5) is 19.6. The summed E-state index contributed by atoms with van der Waals surface area (Å²) in [6, 6.07) is 55.8. The summed E-state index contributed by atoms with van der Waals surface area (Å²) in [5.74, 6) is 1.25. The number of aromatic nitrogens is 4. The lowest BCUT2D eigenvalue weighted by Gasteiger charge is -2.35. The van der Waals surface area contributed by atoms with E-state index in [9.17, 15) is 0 Å². The first-order valence-corrected chi connectivity index (χ1v) is 17.2. The van der Waals surface area contributed by atoms with Crippen molar-refractivity contribution in [2.24, 2.45) is 0 Å². The van der Waals surface area contributed by atoms with Crippen molar-refractivity contribution in [3.8, 4) is 56.4 Å². The SMILES string of the molecule is C1=Cc2ccccc2C2(c3ccccc31)c1ccccc1-c1cc(-c3cc(-c4ccccc4)nc(-c4cnc(-c5ccccc5)nc4)n3)ccc12. The molecule has 8 aromatic rings. The van der Waals surface area contributed by atoms with Crippen molar-refractivity contribution in [2.45, 2.75) is 5.41 Å². The van der Waals surface area contributed by atoms with Crippen LogP contribution in [0.1, 0.15) is 33.4 Å². The third-order valence-corrected chi connectivity index (χ3v) is 10.3. The fourth-order valence-electron chi connectivity index (χ4n) is 7.98. The van der Waals surface area contributed by atoms with Crippen LogP contribution in [0.3, 0.4) is 0 Å². The van der Waals surface area contributed by atoms with Gasteiger partial charge in [-0.05, 0) is 56.6 Å². The zero-order valence-electron chi connectivity index (χ0n) is 27.6. The van der Waals surface area contributed by atoms with Gasteiger partial charge < -0.3 is 0 Å². The molecule has 0 unspecified atom stereocenters. The summed E-state index contributed by atoms with van der Waals surface area (Å²) in [5, 5.41) is 0. The highest BCUT2D eigenvalue weighted by Crippen LogP contribution is 2.58. The molecule has 0 bridgehead atoms. The highest BCUT2D eigenvalue weighted by atomic mass is 14.9. The molecule has 0 amide bonds. The Kier molecular flexibility index (Phi) is 6.68. The lowest BCUT2D eigenvalue weighted by atomic mass is 9.66. The molecule has 238 valence electrons. The molecule has 0 radical (unpaired) electrons. The molecule has 0 saturated heterocycles. The molecule has 2 heterocycles. The quantitative estimate of drug-likeness (QED) is 0.190. The number of hydrogen-bond acceptors (Lipinski definition) is 4. The Morgan fingerprint density at radius 2 is 0.882 bits per heavy atom. The fraction of sp³-hybridized carbons (Fsp3) is 0.0213. The third kappa shape index (κ3) is 4.61. The van der Waals surface area contributed by atoms with E-state index in [-0.39, 0.29) is 0 Å². The summed E-state index contributed by atoms with van der Waals surface area (Å²) in [6.07, 6.45) is 8.17. The molecule has 0 saturated carbocycles. The van der Waals surface area contributed by atoms with Gasteiger partial charge in [0.1, 0.15) is 0 Å². The van der Waals surface area contributed by atoms with E-state index in [1.54, 1.807) is 0 Å². The normalized spacial score (nSPS) is 13.2. The summed E-state index contributed by atoms with van der Waals surface area (Å²) in [5.41, 5.74) is 15.1. The molecule has 2 aliphatic carbocycles. The van der Waals surface area contributed by atoms with Crippen molar-refractivity contribution in [3.05, 3.63) is 203 Å². The summed E-state index contributed by atoms with van der Waals surface area (Å²) >= 11 is 0. The van der Waals surface area contributed by atoms with Crippen LogP contribution in [0.2, 0.25) is 0 Å². The second-order valence-electron chi connectivity index (χ2n) is 13.1. The first-order valence-electron chi connectivity index (χ1n) is 17.2. The zero-order valence-corrected chi connectivity index (χ0v) is 27.6. The smallest absolute Gasteiger partial charge is 0.163 e. The van der Waals surface area contributed by atoms with Crippen LogP contribution in [0.15, 0.2) is 170 Å². The van der Waals surface area contributed by atoms with Gasteiger partial charge in [-0.15, -0.1) is 0 Å². The van der Waals surface area contributed by atoms with Crippen LogP contribution in [-0.2, 0) is 5.41 Å². The van der Waals surface area contributed by atoms with Gasteiger partial charge >= 0.3 is 0 Å². The molecule has 4 nitrogen and oxygen atoms in total. The summed E-state index contributed by atoms with van der Waals surface area (Å²) in [7, 11) is 0. The summed E-state index contributed by atoms with van der Waals surface area (Å²) < 4.78 is 0. The number of nitrogens with zero attached hydrogens (tertiary/aromatic N) is 4. The minimum Gasteiger partial charge on any atom is -0.236 e. The molecular weight excluding hydrogens is 621 g/mol. The maximum atomic E-state index is 5.17. The molecule has 2 aromatic heterocycles. The van der Waals surface area contributed by atoms with E-state index in [0.29, 0.717) is 11.6 Å². The Labute approximate surface area is 296 Å². The Morgan fingerprint density at radius 1 is 0.353 bits per heavy atom. The highest BCUT2D eigenvalue weighted by Gasteiger charge is 2.48. The van der Waals surface area contributed by atoms with Gasteiger partial charge in [0, 0.05) is 29.1 Å². The zero-order chi connectivity index (χ0) is 33.8. The number of rotatable bonds is 4. The minimum absolute atomic E-state index is 0.467. The van der Waals surface area contributed by atoms with Crippen LogP contribution < -0.4 is 0 Å². The molecule has 6 aromatic carbocycles. The van der Waals surface area contributed by atoms with E-state index in [1.807, 2.05) is 60.9 Å². The Hall–Kier alpha value is -6.78. The van der Waals surface area contributed by atoms with Crippen LogP contribution in [0, 0.1) is 0 Å². The van der Waals surface area contributed by atoms with Crippen molar-refractivity contribution in [1.82, 2.24) is 19.9 Å². The predicted molar refractivity (Wildman–Crippen MR) is 206 cm³/mol. The minimum atomic E-state index is -0.467. The molecule has 1 spiro atoms. The average Bonchev–Trinajstić information content (AvgIpc) is 3.41. The lowest BCUT2D eigenvalue weighted by molar-refractivity contribution is 0.766. The Balaban J connectivity index is 1.17. The summed E-state index contributed by atoms with van der Waals surface area (Å²) in [6.45, 7) is 0. The average molecular weight is 651 g/mol. The van der Waals surface area contributed by atoms with Gasteiger partial charge in [0.05, 0.1) is 22.4 Å². The fourth-order valence-corrected chi connectivity index (χ4v) is 7.98. The van der Waals surface area contributed by atoms with Gasteiger partial charge in [0.25, 0.3) is 0 Å². The van der Waals surface area contributed by atoms with Crippen molar-refractivity contribution in [2.75, 3.05) is 0 Å². The van der Waals surface area contributed by atoms with Crippen molar-refractivity contribution in [3.63, 3.8) is 0 Å². The number of benzene rings is 6. The third-order valence-electron chi connectivity index (χ3n) is 10.3. The van der Waals surface area contributed by atoms with Crippen LogP contribution in [0.4, 0.5) is 0 Å². The molecule has 51 heavy (non-hydrogen) atoms. The largest absolute Gasteiger partial charge is 0.236 e. The second kappa shape index (κ2) is 11.7. The maximum Gasteiger partial charge on any atom is 0.163 e. The highest BCUT2D eigenvalue weighted by molar-refractivity contribution is 5.92. The number of hydrogen-bond donors (Lipinski definition) is 0. The van der Waals surface area contributed by atoms with E-state index in [2.05, 4.69) is 121 Å². The lowest BCUT2D eigenvalue weighted by Crippen LogP contribution is -2.29. The monoisotopic (exact) mass is 650 g/mol. The van der Waals surface area contributed by atoms with Crippen LogP contribution in [0.5, 0.6) is 0 Å². The van der Waals surface area contributed by atoms with E-state index in [4.69, 9.17) is 19.9 Å². The first-order chi connectivity index (χ1) is 25.3. The van der Waals surface area contributed by atoms with E-state index >= 15 is 0 Å². The molecule has 2 aliphatic rings. The van der Waals surface area contributed by atoms with Gasteiger partial charge in [-0.2, -0.15) is 0 Å². The van der Waals surface area contributed by atoms with Crippen LogP contribution in [-0.4, -0.2) is 19.9 Å². The Morgan fingerprint density at radius 3 is 1.55 bits per heavy atom. The van der Waals surface area contributed by atoms with Crippen LogP contribution in [0.25, 0.3) is 68.6 Å². The molecule has 10 rings (SSSR count). The van der Waals surface area contributed by atoms with Crippen molar-refractivity contribution < 1.29 is 0 Å². The number of fused-ring (bicyclic) bond motifs is 9. The molecule has 4 heteroatoms. The standard InChI is InChI=1S/C47H30N4/c1-3-15-33(16-4-1)43-28-44(51-46(50-43)36-29-48-45(49-30-36)34-17-5-2-6-18-34)35-25-26-42-38(27-35)37-19-9-12-22-41(37)47(42)39-20-10-7-13-31(39)23-24-32-14-8-11-21-40(32)47/h1-30H. The van der Waals surface area contributed by atoms with E-state index < -0.39 is 5.41 Å². The molecule has 0 atom stereocenters. The van der Waals surface area contributed by atoms with Gasteiger partial charge in [-0.3, -0.25) is 0 Å². The van der Waals surface area contributed by atoms with Gasteiger partial charge in [-0.25, -0.2) is 19.9 Å². The van der Waals surface area contributed by atoms with Crippen molar-refractivity contribution in [1.29, 1.82) is 0 Å². The van der Waals surface area contributed by atoms with Gasteiger partial charge in [0.15, 0.2) is 11.6 Å². The van der Waals surface area contributed by atoms with Crippen LogP contribution >= 0.6 is 0 Å².